The summed E-state index contributed by atoms with van der Waals surface area (Å²) in [7, 11) is -0.275. The van der Waals surface area contributed by atoms with Gasteiger partial charge in [0.25, 0.3) is 0 Å². The molecule has 3 nitrogen and oxygen atoms in total. The number of aryl methyl sites for hydroxylation is 1. The Morgan fingerprint density at radius 1 is 1.15 bits per heavy atom. The van der Waals surface area contributed by atoms with E-state index in [0.717, 1.165) is 18.5 Å². The Kier molecular flexibility index (Phi) is 3.26. The van der Waals surface area contributed by atoms with Crippen LogP contribution in [-0.4, -0.2) is 23.3 Å². The molecule has 1 aliphatic carbocycles. The number of allylic oxidation sites excluding steroid dienone is 1. The predicted molar refractivity (Wildman–Crippen MR) is 81.2 cm³/mol. The molecule has 0 spiro atoms. The summed E-state index contributed by atoms with van der Waals surface area (Å²) in [6.07, 6.45) is 5.20. The highest BCUT2D eigenvalue weighted by molar-refractivity contribution is 6.53. The summed E-state index contributed by atoms with van der Waals surface area (Å²) in [5.41, 5.74) is 3.15. The predicted octanol–water partition coefficient (Wildman–Crippen LogP) is 3.43. The van der Waals surface area contributed by atoms with Crippen molar-refractivity contribution in [2.45, 2.75) is 58.2 Å². The van der Waals surface area contributed by atoms with Crippen LogP contribution in [0.25, 0.3) is 5.57 Å². The van der Waals surface area contributed by atoms with Crippen LogP contribution in [-0.2, 0) is 15.7 Å². The summed E-state index contributed by atoms with van der Waals surface area (Å²) < 4.78 is 12.1. The molecule has 0 bridgehead atoms. The van der Waals surface area contributed by atoms with Crippen molar-refractivity contribution >= 4 is 12.7 Å². The quantitative estimate of drug-likeness (QED) is 0.733. The molecule has 1 aromatic heterocycles. The molecule has 1 saturated heterocycles. The van der Waals surface area contributed by atoms with Crippen LogP contribution in [0.15, 0.2) is 24.3 Å². The average Bonchev–Trinajstić information content (AvgIpc) is 2.58. The standard InChI is InChI=1S/C16H22BNO2/c1-15(2)16(3,4)20-17(19-15)11-13-8-5-7-12-9-6-10-18-14(12)13/h6,9-11H,5,7-8H2,1-4H3. The van der Waals surface area contributed by atoms with E-state index in [0.29, 0.717) is 0 Å². The van der Waals surface area contributed by atoms with Gasteiger partial charge in [0.15, 0.2) is 0 Å². The molecule has 2 aliphatic rings. The maximum Gasteiger partial charge on any atom is 0.487 e. The van der Waals surface area contributed by atoms with Crippen LogP contribution >= 0.6 is 0 Å². The second-order valence-corrected chi connectivity index (χ2v) is 6.68. The Bertz CT molecular complexity index is 535. The van der Waals surface area contributed by atoms with E-state index in [1.54, 1.807) is 0 Å². The average molecular weight is 271 g/mol. The van der Waals surface area contributed by atoms with Crippen molar-refractivity contribution < 1.29 is 9.31 Å². The number of fused-ring (bicyclic) bond motifs is 1. The van der Waals surface area contributed by atoms with Gasteiger partial charge in [-0.15, -0.1) is 0 Å². The minimum Gasteiger partial charge on any atom is -0.400 e. The largest absolute Gasteiger partial charge is 0.487 e. The van der Waals surface area contributed by atoms with Crippen molar-refractivity contribution in [2.75, 3.05) is 0 Å². The van der Waals surface area contributed by atoms with Gasteiger partial charge in [-0.05, 0) is 70.1 Å². The molecule has 20 heavy (non-hydrogen) atoms. The fourth-order valence-corrected chi connectivity index (χ4v) is 2.80. The summed E-state index contributed by atoms with van der Waals surface area (Å²) in [5, 5.41) is 0. The Morgan fingerprint density at radius 3 is 2.55 bits per heavy atom. The highest BCUT2D eigenvalue weighted by Crippen LogP contribution is 2.38. The van der Waals surface area contributed by atoms with E-state index in [1.165, 1.54) is 17.6 Å². The van der Waals surface area contributed by atoms with Crippen LogP contribution in [0.3, 0.4) is 0 Å². The fraction of sp³-hybridized carbons (Fsp3) is 0.562. The molecule has 1 aromatic rings. The molecule has 0 amide bonds. The van der Waals surface area contributed by atoms with Crippen LogP contribution in [0, 0.1) is 0 Å². The number of nitrogens with zero attached hydrogens (tertiary/aromatic N) is 1. The van der Waals surface area contributed by atoms with Gasteiger partial charge in [-0.2, -0.15) is 0 Å². The summed E-state index contributed by atoms with van der Waals surface area (Å²) in [6, 6.07) is 4.18. The number of hydrogen-bond acceptors (Lipinski definition) is 3. The van der Waals surface area contributed by atoms with E-state index < -0.39 is 0 Å². The van der Waals surface area contributed by atoms with Crippen LogP contribution in [0.2, 0.25) is 0 Å². The third-order valence-electron chi connectivity index (χ3n) is 4.70. The third kappa shape index (κ3) is 2.31. The molecule has 2 heterocycles. The smallest absolute Gasteiger partial charge is 0.400 e. The van der Waals surface area contributed by atoms with Crippen molar-refractivity contribution in [1.29, 1.82) is 0 Å². The van der Waals surface area contributed by atoms with Crippen molar-refractivity contribution in [3.05, 3.63) is 35.6 Å². The Hall–Kier alpha value is -1.13. The number of aromatic nitrogens is 1. The summed E-state index contributed by atoms with van der Waals surface area (Å²) in [5.74, 6) is 2.11. The van der Waals surface area contributed by atoms with Gasteiger partial charge in [-0.25, -0.2) is 0 Å². The molecule has 4 heteroatoms. The van der Waals surface area contributed by atoms with Crippen LogP contribution in [0.5, 0.6) is 0 Å². The molecule has 106 valence electrons. The monoisotopic (exact) mass is 271 g/mol. The van der Waals surface area contributed by atoms with E-state index in [-0.39, 0.29) is 18.3 Å². The Morgan fingerprint density at radius 2 is 1.85 bits per heavy atom. The maximum atomic E-state index is 6.06. The second kappa shape index (κ2) is 4.71. The molecule has 1 aliphatic heterocycles. The normalized spacial score (nSPS) is 25.8. The first-order valence-electron chi connectivity index (χ1n) is 7.40. The number of pyridine rings is 1. The topological polar surface area (TPSA) is 31.4 Å². The first-order valence-corrected chi connectivity index (χ1v) is 7.40. The fourth-order valence-electron chi connectivity index (χ4n) is 2.80. The van der Waals surface area contributed by atoms with Crippen LogP contribution in [0.1, 0.15) is 51.8 Å². The van der Waals surface area contributed by atoms with Crippen LogP contribution < -0.4 is 0 Å². The van der Waals surface area contributed by atoms with Gasteiger partial charge >= 0.3 is 7.12 Å². The zero-order valence-electron chi connectivity index (χ0n) is 12.8. The van der Waals surface area contributed by atoms with E-state index in [1.807, 2.05) is 12.3 Å². The Balaban J connectivity index is 1.88. The van der Waals surface area contributed by atoms with Gasteiger partial charge < -0.3 is 9.31 Å². The van der Waals surface area contributed by atoms with E-state index >= 15 is 0 Å². The summed E-state index contributed by atoms with van der Waals surface area (Å²) in [6.45, 7) is 8.33. The van der Waals surface area contributed by atoms with Gasteiger partial charge in [0, 0.05) is 6.20 Å². The zero-order valence-corrected chi connectivity index (χ0v) is 12.8. The first kappa shape index (κ1) is 13.8. The van der Waals surface area contributed by atoms with Gasteiger partial charge in [0.05, 0.1) is 16.9 Å². The minimum atomic E-state index is -0.281. The summed E-state index contributed by atoms with van der Waals surface area (Å²) >= 11 is 0. The Labute approximate surface area is 121 Å². The van der Waals surface area contributed by atoms with E-state index in [9.17, 15) is 0 Å². The molecule has 3 rings (SSSR count). The lowest BCUT2D eigenvalue weighted by Crippen LogP contribution is -2.41. The lowest BCUT2D eigenvalue weighted by molar-refractivity contribution is 0.00578. The van der Waals surface area contributed by atoms with Crippen molar-refractivity contribution in [3.63, 3.8) is 0 Å². The molecule has 0 aromatic carbocycles. The van der Waals surface area contributed by atoms with Crippen molar-refractivity contribution in [1.82, 2.24) is 4.98 Å². The second-order valence-electron chi connectivity index (χ2n) is 6.68. The molecule has 0 atom stereocenters. The van der Waals surface area contributed by atoms with E-state index in [2.05, 4.69) is 44.7 Å². The van der Waals surface area contributed by atoms with E-state index in [4.69, 9.17) is 9.31 Å². The van der Waals surface area contributed by atoms with Gasteiger partial charge in [0.1, 0.15) is 0 Å². The third-order valence-corrected chi connectivity index (χ3v) is 4.70. The lowest BCUT2D eigenvalue weighted by atomic mass is 9.81. The molecular weight excluding hydrogens is 249 g/mol. The SMILES string of the molecule is CC1(C)OB(C=C2CCCc3cccnc32)OC1(C)C. The number of hydrogen-bond donors (Lipinski definition) is 0. The van der Waals surface area contributed by atoms with Gasteiger partial charge in [-0.3, -0.25) is 4.98 Å². The maximum absolute atomic E-state index is 6.06. The molecule has 1 fully saturated rings. The zero-order chi connectivity index (χ0) is 14.4. The van der Waals surface area contributed by atoms with Gasteiger partial charge in [0.2, 0.25) is 0 Å². The van der Waals surface area contributed by atoms with Crippen molar-refractivity contribution in [2.24, 2.45) is 0 Å². The molecule has 0 N–H and O–H groups in total. The molecule has 0 unspecified atom stereocenters. The molecule has 0 radical (unpaired) electrons. The lowest BCUT2D eigenvalue weighted by Gasteiger charge is -2.32. The number of rotatable bonds is 1. The van der Waals surface area contributed by atoms with Gasteiger partial charge in [-0.1, -0.05) is 6.07 Å². The van der Waals surface area contributed by atoms with Crippen LogP contribution in [0.4, 0.5) is 0 Å². The summed E-state index contributed by atoms with van der Waals surface area (Å²) in [4.78, 5) is 4.54. The molecule has 0 saturated carbocycles. The molecular formula is C16H22BNO2. The van der Waals surface area contributed by atoms with Crippen molar-refractivity contribution in [3.8, 4) is 0 Å². The minimum absolute atomic E-state index is 0.275. The highest BCUT2D eigenvalue weighted by Gasteiger charge is 2.50. The highest BCUT2D eigenvalue weighted by atomic mass is 16.7. The first-order chi connectivity index (χ1) is 9.39.